The van der Waals surface area contributed by atoms with Crippen molar-refractivity contribution >= 4 is 0 Å². The molecule has 0 fully saturated rings. The Balaban J connectivity index is 1.79. The van der Waals surface area contributed by atoms with E-state index in [9.17, 15) is 4.39 Å². The molecule has 4 rings (SSSR count). The van der Waals surface area contributed by atoms with Gasteiger partial charge in [-0.3, -0.25) is 0 Å². The number of aromatic nitrogens is 3. The molecule has 0 N–H and O–H groups in total. The molecule has 0 aliphatic carbocycles. The number of halogens is 1. The smallest absolute Gasteiger partial charge is 0.143 e. The summed E-state index contributed by atoms with van der Waals surface area (Å²) < 4.78 is 20.5. The first-order valence-corrected chi connectivity index (χ1v) is 9.45. The molecule has 2 heterocycles. The van der Waals surface area contributed by atoms with E-state index in [1.807, 2.05) is 63.1 Å². The molecular formula is C23H23FN4O. The molecule has 2 aromatic carbocycles. The topological polar surface area (TPSA) is 47.1 Å². The second-order valence-electron chi connectivity index (χ2n) is 7.42. The van der Waals surface area contributed by atoms with Crippen molar-refractivity contribution in [2.24, 2.45) is 0 Å². The first-order valence-electron chi connectivity index (χ1n) is 9.45. The minimum atomic E-state index is -0.237. The van der Waals surface area contributed by atoms with E-state index < -0.39 is 0 Å². The Bertz CT molecular complexity index is 1110. The maximum Gasteiger partial charge on any atom is 0.143 e. The van der Waals surface area contributed by atoms with Crippen LogP contribution < -0.4 is 0 Å². The minimum absolute atomic E-state index is 0.237. The molecule has 6 heteroatoms. The standard InChI is InChI=1S/C23H23FN4O/c1-15-22(16(2)29-26-15)23-19(14-27(3)4)13-25-28(23)21-11-7-18(8-12-21)17-5-9-20(24)10-6-17/h5-13H,14H2,1-4H3. The molecule has 0 saturated heterocycles. The van der Waals surface area contributed by atoms with Crippen LogP contribution in [0.4, 0.5) is 4.39 Å². The van der Waals surface area contributed by atoms with Crippen LogP contribution in [-0.2, 0) is 6.54 Å². The fourth-order valence-corrected chi connectivity index (χ4v) is 3.56. The van der Waals surface area contributed by atoms with Crippen LogP contribution in [0.3, 0.4) is 0 Å². The van der Waals surface area contributed by atoms with Gasteiger partial charge in [0.05, 0.1) is 28.8 Å². The summed E-state index contributed by atoms with van der Waals surface area (Å²) in [7, 11) is 4.07. The van der Waals surface area contributed by atoms with E-state index in [-0.39, 0.29) is 5.82 Å². The Kier molecular flexibility index (Phi) is 5.03. The Labute approximate surface area is 169 Å². The number of aryl methyl sites for hydroxylation is 2. The first kappa shape index (κ1) is 19.1. The highest BCUT2D eigenvalue weighted by atomic mass is 19.1. The maximum atomic E-state index is 13.2. The summed E-state index contributed by atoms with van der Waals surface area (Å²) in [6.45, 7) is 4.62. The van der Waals surface area contributed by atoms with Crippen molar-refractivity contribution < 1.29 is 8.91 Å². The molecule has 0 saturated carbocycles. The van der Waals surface area contributed by atoms with Gasteiger partial charge in [0.15, 0.2) is 0 Å². The summed E-state index contributed by atoms with van der Waals surface area (Å²) >= 11 is 0. The Morgan fingerprint density at radius 3 is 2.14 bits per heavy atom. The predicted molar refractivity (Wildman–Crippen MR) is 111 cm³/mol. The molecule has 0 unspecified atom stereocenters. The lowest BCUT2D eigenvalue weighted by Crippen LogP contribution is -2.11. The average Bonchev–Trinajstić information content (AvgIpc) is 3.24. The van der Waals surface area contributed by atoms with Crippen LogP contribution in [-0.4, -0.2) is 33.9 Å². The minimum Gasteiger partial charge on any atom is -0.361 e. The van der Waals surface area contributed by atoms with E-state index in [1.165, 1.54) is 12.1 Å². The summed E-state index contributed by atoms with van der Waals surface area (Å²) in [6.07, 6.45) is 1.90. The van der Waals surface area contributed by atoms with Gasteiger partial charge in [-0.1, -0.05) is 29.4 Å². The lowest BCUT2D eigenvalue weighted by atomic mass is 10.0. The largest absolute Gasteiger partial charge is 0.361 e. The van der Waals surface area contributed by atoms with Crippen molar-refractivity contribution in [1.29, 1.82) is 0 Å². The van der Waals surface area contributed by atoms with E-state index in [4.69, 9.17) is 4.52 Å². The average molecular weight is 390 g/mol. The van der Waals surface area contributed by atoms with Gasteiger partial charge in [0.2, 0.25) is 0 Å². The van der Waals surface area contributed by atoms with E-state index in [0.29, 0.717) is 0 Å². The monoisotopic (exact) mass is 390 g/mol. The Morgan fingerprint density at radius 1 is 0.966 bits per heavy atom. The quantitative estimate of drug-likeness (QED) is 0.480. The third kappa shape index (κ3) is 3.71. The third-order valence-corrected chi connectivity index (χ3v) is 4.89. The molecule has 0 aliphatic heterocycles. The molecule has 2 aromatic heterocycles. The van der Waals surface area contributed by atoms with Crippen LogP contribution in [0.2, 0.25) is 0 Å². The lowest BCUT2D eigenvalue weighted by molar-refractivity contribution is 0.393. The molecular weight excluding hydrogens is 367 g/mol. The van der Waals surface area contributed by atoms with Crippen LogP contribution in [0.1, 0.15) is 17.0 Å². The number of hydrogen-bond acceptors (Lipinski definition) is 4. The van der Waals surface area contributed by atoms with Crippen LogP contribution >= 0.6 is 0 Å². The molecule has 0 bridgehead atoms. The van der Waals surface area contributed by atoms with E-state index in [0.717, 1.165) is 51.6 Å². The van der Waals surface area contributed by atoms with Crippen LogP contribution in [0.5, 0.6) is 0 Å². The second kappa shape index (κ2) is 7.64. The van der Waals surface area contributed by atoms with Gasteiger partial charge in [0.1, 0.15) is 11.6 Å². The van der Waals surface area contributed by atoms with Gasteiger partial charge in [0, 0.05) is 12.1 Å². The summed E-state index contributed by atoms with van der Waals surface area (Å²) in [6, 6.07) is 14.6. The summed E-state index contributed by atoms with van der Waals surface area (Å²) in [5.74, 6) is 0.534. The Hall–Kier alpha value is -3.25. The molecule has 0 radical (unpaired) electrons. The first-order chi connectivity index (χ1) is 13.9. The zero-order valence-electron chi connectivity index (χ0n) is 17.0. The highest BCUT2D eigenvalue weighted by Crippen LogP contribution is 2.33. The number of hydrogen-bond donors (Lipinski definition) is 0. The zero-order chi connectivity index (χ0) is 20.5. The molecule has 148 valence electrons. The third-order valence-electron chi connectivity index (χ3n) is 4.89. The predicted octanol–water partition coefficient (Wildman–Crippen LogP) is 5.01. The number of rotatable bonds is 5. The van der Waals surface area contributed by atoms with Crippen molar-refractivity contribution in [1.82, 2.24) is 19.8 Å². The highest BCUT2D eigenvalue weighted by molar-refractivity contribution is 5.70. The van der Waals surface area contributed by atoms with Crippen molar-refractivity contribution in [2.75, 3.05) is 14.1 Å². The summed E-state index contributed by atoms with van der Waals surface area (Å²) in [5.41, 5.74) is 6.84. The maximum absolute atomic E-state index is 13.2. The Morgan fingerprint density at radius 2 is 1.59 bits per heavy atom. The lowest BCUT2D eigenvalue weighted by Gasteiger charge is -2.13. The van der Waals surface area contributed by atoms with Gasteiger partial charge in [-0.25, -0.2) is 9.07 Å². The van der Waals surface area contributed by atoms with Gasteiger partial charge in [0.25, 0.3) is 0 Å². The molecule has 0 atom stereocenters. The van der Waals surface area contributed by atoms with E-state index >= 15 is 0 Å². The van der Waals surface area contributed by atoms with E-state index in [1.54, 1.807) is 12.1 Å². The normalized spacial score (nSPS) is 11.4. The second-order valence-corrected chi connectivity index (χ2v) is 7.42. The van der Waals surface area contributed by atoms with Crippen molar-refractivity contribution in [2.45, 2.75) is 20.4 Å². The SMILES string of the molecule is Cc1noc(C)c1-c1c(CN(C)C)cnn1-c1ccc(-c2ccc(F)cc2)cc1. The van der Waals surface area contributed by atoms with Crippen LogP contribution in [0.15, 0.2) is 59.3 Å². The van der Waals surface area contributed by atoms with Gasteiger partial charge in [-0.2, -0.15) is 5.10 Å². The fourth-order valence-electron chi connectivity index (χ4n) is 3.56. The molecule has 5 nitrogen and oxygen atoms in total. The van der Waals surface area contributed by atoms with Gasteiger partial charge < -0.3 is 9.42 Å². The van der Waals surface area contributed by atoms with Gasteiger partial charge in [-0.05, 0) is 63.3 Å². The molecule has 0 spiro atoms. The van der Waals surface area contributed by atoms with Crippen molar-refractivity contribution in [3.8, 4) is 28.1 Å². The molecule has 0 amide bonds. The summed E-state index contributed by atoms with van der Waals surface area (Å²) in [5, 5.41) is 8.79. The summed E-state index contributed by atoms with van der Waals surface area (Å²) in [4.78, 5) is 2.11. The van der Waals surface area contributed by atoms with Crippen LogP contribution in [0.25, 0.3) is 28.1 Å². The van der Waals surface area contributed by atoms with Crippen LogP contribution in [0, 0.1) is 19.7 Å². The van der Waals surface area contributed by atoms with Crippen molar-refractivity contribution in [3.63, 3.8) is 0 Å². The molecule has 4 aromatic rings. The van der Waals surface area contributed by atoms with Gasteiger partial charge >= 0.3 is 0 Å². The molecule has 0 aliphatic rings. The fraction of sp³-hybridized carbons (Fsp3) is 0.217. The van der Waals surface area contributed by atoms with E-state index in [2.05, 4.69) is 15.2 Å². The zero-order valence-corrected chi connectivity index (χ0v) is 17.0. The highest BCUT2D eigenvalue weighted by Gasteiger charge is 2.21. The number of benzene rings is 2. The van der Waals surface area contributed by atoms with Crippen molar-refractivity contribution in [3.05, 3.63) is 77.6 Å². The molecule has 29 heavy (non-hydrogen) atoms. The number of nitrogens with zero attached hydrogens (tertiary/aromatic N) is 4. The van der Waals surface area contributed by atoms with Gasteiger partial charge in [-0.15, -0.1) is 0 Å².